The van der Waals surface area contributed by atoms with E-state index in [1.807, 2.05) is 0 Å². The molecule has 4 heteroatoms. The number of rotatable bonds is 3. The Kier molecular flexibility index (Phi) is 3.29. The van der Waals surface area contributed by atoms with E-state index in [9.17, 15) is 13.9 Å². The summed E-state index contributed by atoms with van der Waals surface area (Å²) in [5.74, 6) is -2.26. The molecule has 0 radical (unpaired) electrons. The maximum absolute atomic E-state index is 13.5. The summed E-state index contributed by atoms with van der Waals surface area (Å²) in [5, 5.41) is 9.57. The van der Waals surface area contributed by atoms with E-state index in [0.717, 1.165) is 0 Å². The molecule has 0 aliphatic heterocycles. The van der Waals surface area contributed by atoms with Crippen LogP contribution in [0.5, 0.6) is 5.75 Å². The second-order valence-electron chi connectivity index (χ2n) is 3.73. The summed E-state index contributed by atoms with van der Waals surface area (Å²) in [6.45, 7) is 4.73. The smallest absolute Gasteiger partial charge is 0.200 e. The van der Waals surface area contributed by atoms with Crippen molar-refractivity contribution >= 4 is 0 Å². The monoisotopic (exact) mass is 216 g/mol. The Balaban J connectivity index is 3.21. The highest BCUT2D eigenvalue weighted by atomic mass is 19.2. The molecule has 0 fully saturated rings. The van der Waals surface area contributed by atoms with Crippen molar-refractivity contribution in [2.24, 2.45) is 0 Å². The topological polar surface area (TPSA) is 29.5 Å². The van der Waals surface area contributed by atoms with E-state index >= 15 is 0 Å². The van der Waals surface area contributed by atoms with Gasteiger partial charge in [0.25, 0.3) is 0 Å². The van der Waals surface area contributed by atoms with Crippen molar-refractivity contribution in [1.82, 2.24) is 0 Å². The Bertz CT molecular complexity index is 356. The Hall–Kier alpha value is -1.16. The molecule has 1 N–H and O–H groups in total. The lowest BCUT2D eigenvalue weighted by molar-refractivity contribution is 0.0734. The van der Waals surface area contributed by atoms with Crippen LogP contribution in [0.1, 0.15) is 26.3 Å². The van der Waals surface area contributed by atoms with Crippen LogP contribution in [0.15, 0.2) is 12.1 Å². The van der Waals surface area contributed by atoms with Crippen LogP contribution < -0.4 is 4.74 Å². The van der Waals surface area contributed by atoms with Crippen molar-refractivity contribution in [3.8, 4) is 5.75 Å². The Morgan fingerprint density at radius 1 is 1.27 bits per heavy atom. The van der Waals surface area contributed by atoms with Crippen LogP contribution in [0.3, 0.4) is 0 Å². The first-order valence-corrected chi connectivity index (χ1v) is 4.71. The number of benzene rings is 1. The van der Waals surface area contributed by atoms with E-state index < -0.39 is 17.2 Å². The van der Waals surface area contributed by atoms with Crippen LogP contribution in [0, 0.1) is 11.6 Å². The maximum Gasteiger partial charge on any atom is 0.200 e. The van der Waals surface area contributed by atoms with Crippen molar-refractivity contribution in [3.05, 3.63) is 29.3 Å². The van der Waals surface area contributed by atoms with E-state index in [1.165, 1.54) is 26.0 Å². The van der Waals surface area contributed by atoms with Crippen LogP contribution >= 0.6 is 0 Å². The molecule has 1 aromatic rings. The van der Waals surface area contributed by atoms with Crippen molar-refractivity contribution in [3.63, 3.8) is 0 Å². The molecule has 0 aromatic heterocycles. The molecule has 0 atom stereocenters. The van der Waals surface area contributed by atoms with Gasteiger partial charge >= 0.3 is 0 Å². The van der Waals surface area contributed by atoms with Crippen LogP contribution in [-0.4, -0.2) is 11.7 Å². The molecular formula is C11H14F2O2. The average Bonchev–Trinajstić information content (AvgIpc) is 2.11. The van der Waals surface area contributed by atoms with Crippen molar-refractivity contribution in [1.29, 1.82) is 0 Å². The van der Waals surface area contributed by atoms with E-state index in [0.29, 0.717) is 0 Å². The van der Waals surface area contributed by atoms with Gasteiger partial charge in [0.2, 0.25) is 5.82 Å². The van der Waals surface area contributed by atoms with Gasteiger partial charge in [-0.1, -0.05) is 0 Å². The van der Waals surface area contributed by atoms with Gasteiger partial charge in [-0.05, 0) is 32.9 Å². The van der Waals surface area contributed by atoms with Crippen LogP contribution in [0.4, 0.5) is 8.78 Å². The summed E-state index contributed by atoms with van der Waals surface area (Å²) in [6.07, 6.45) is 0. The second-order valence-corrected chi connectivity index (χ2v) is 3.73. The van der Waals surface area contributed by atoms with Gasteiger partial charge < -0.3 is 9.84 Å². The normalized spacial score (nSPS) is 11.6. The summed E-state index contributed by atoms with van der Waals surface area (Å²) in [6, 6.07) is 2.64. The predicted molar refractivity (Wildman–Crippen MR) is 52.8 cm³/mol. The highest BCUT2D eigenvalue weighted by Crippen LogP contribution is 2.29. The standard InChI is InChI=1S/C11H14F2O2/c1-4-15-8-6-5-7(11(2,3)14)9(12)10(8)13/h5-6,14H,4H2,1-3H3. The number of aliphatic hydroxyl groups is 1. The first-order valence-electron chi connectivity index (χ1n) is 4.71. The van der Waals surface area contributed by atoms with Gasteiger partial charge in [-0.25, -0.2) is 4.39 Å². The largest absolute Gasteiger partial charge is 0.491 e. The van der Waals surface area contributed by atoms with Crippen molar-refractivity contribution < 1.29 is 18.6 Å². The molecule has 0 amide bonds. The van der Waals surface area contributed by atoms with E-state index in [1.54, 1.807) is 6.92 Å². The molecule has 1 rings (SSSR count). The third-order valence-corrected chi connectivity index (χ3v) is 2.01. The summed E-state index contributed by atoms with van der Waals surface area (Å²) < 4.78 is 31.7. The fourth-order valence-electron chi connectivity index (χ4n) is 1.27. The lowest BCUT2D eigenvalue weighted by atomic mass is 9.97. The summed E-state index contributed by atoms with van der Waals surface area (Å²) in [7, 11) is 0. The Morgan fingerprint density at radius 2 is 1.87 bits per heavy atom. The minimum atomic E-state index is -1.41. The first kappa shape index (κ1) is 11.9. The zero-order chi connectivity index (χ0) is 11.6. The molecule has 1 aromatic carbocycles. The number of hydrogen-bond donors (Lipinski definition) is 1. The molecule has 0 saturated heterocycles. The fourth-order valence-corrected chi connectivity index (χ4v) is 1.27. The first-order chi connectivity index (χ1) is 6.88. The average molecular weight is 216 g/mol. The van der Waals surface area contributed by atoms with Gasteiger partial charge in [0.05, 0.1) is 12.2 Å². The lowest BCUT2D eigenvalue weighted by Crippen LogP contribution is -2.18. The Morgan fingerprint density at radius 3 is 2.33 bits per heavy atom. The zero-order valence-electron chi connectivity index (χ0n) is 8.97. The number of hydrogen-bond acceptors (Lipinski definition) is 2. The molecule has 0 saturated carbocycles. The summed E-state index contributed by atoms with van der Waals surface area (Å²) in [5.41, 5.74) is -1.49. The molecule has 0 aliphatic carbocycles. The number of halogens is 2. The van der Waals surface area contributed by atoms with Crippen LogP contribution in [-0.2, 0) is 5.60 Å². The van der Waals surface area contributed by atoms with Crippen molar-refractivity contribution in [2.45, 2.75) is 26.4 Å². The molecule has 0 bridgehead atoms. The van der Waals surface area contributed by atoms with Gasteiger partial charge in [-0.2, -0.15) is 4.39 Å². The molecular weight excluding hydrogens is 202 g/mol. The van der Waals surface area contributed by atoms with Gasteiger partial charge in [0, 0.05) is 5.56 Å². The van der Waals surface area contributed by atoms with Crippen molar-refractivity contribution in [2.75, 3.05) is 6.61 Å². The third-order valence-electron chi connectivity index (χ3n) is 2.01. The quantitative estimate of drug-likeness (QED) is 0.841. The van der Waals surface area contributed by atoms with Gasteiger partial charge in [0.15, 0.2) is 11.6 Å². The number of ether oxygens (including phenoxy) is 1. The second kappa shape index (κ2) is 4.14. The highest BCUT2D eigenvalue weighted by Gasteiger charge is 2.24. The summed E-state index contributed by atoms with van der Waals surface area (Å²) in [4.78, 5) is 0. The van der Waals surface area contributed by atoms with Gasteiger partial charge in [-0.15, -0.1) is 0 Å². The minimum Gasteiger partial charge on any atom is -0.491 e. The zero-order valence-corrected chi connectivity index (χ0v) is 8.97. The molecule has 15 heavy (non-hydrogen) atoms. The lowest BCUT2D eigenvalue weighted by Gasteiger charge is -2.19. The highest BCUT2D eigenvalue weighted by molar-refractivity contribution is 5.33. The molecule has 84 valence electrons. The fraction of sp³-hybridized carbons (Fsp3) is 0.455. The van der Waals surface area contributed by atoms with Crippen LogP contribution in [0.25, 0.3) is 0 Å². The molecule has 0 spiro atoms. The molecule has 0 heterocycles. The predicted octanol–water partition coefficient (Wildman–Crippen LogP) is 2.59. The third kappa shape index (κ3) is 2.45. The van der Waals surface area contributed by atoms with E-state index in [2.05, 4.69) is 0 Å². The van der Waals surface area contributed by atoms with Crippen LogP contribution in [0.2, 0.25) is 0 Å². The Labute approximate surface area is 87.5 Å². The van der Waals surface area contributed by atoms with Gasteiger partial charge in [0.1, 0.15) is 0 Å². The maximum atomic E-state index is 13.5. The molecule has 0 unspecified atom stereocenters. The molecule has 0 aliphatic rings. The van der Waals surface area contributed by atoms with E-state index in [4.69, 9.17) is 4.74 Å². The SMILES string of the molecule is CCOc1ccc(C(C)(C)O)c(F)c1F. The summed E-state index contributed by atoms with van der Waals surface area (Å²) >= 11 is 0. The minimum absolute atomic E-state index is 0.0801. The molecule has 2 nitrogen and oxygen atoms in total. The van der Waals surface area contributed by atoms with Gasteiger partial charge in [-0.3, -0.25) is 0 Å². The van der Waals surface area contributed by atoms with E-state index in [-0.39, 0.29) is 17.9 Å².